The van der Waals surface area contributed by atoms with Gasteiger partial charge in [0.25, 0.3) is 0 Å². The van der Waals surface area contributed by atoms with Crippen LogP contribution >= 0.6 is 11.6 Å². The molecule has 4 nitrogen and oxygen atoms in total. The maximum absolute atomic E-state index is 10.7. The molecule has 0 aliphatic rings. The number of hydrogen-bond acceptors (Lipinski definition) is 3. The molecule has 96 valence electrons. The molecule has 0 heterocycles. The van der Waals surface area contributed by atoms with Crippen LogP contribution in [-0.4, -0.2) is 20.8 Å². The van der Waals surface area contributed by atoms with Gasteiger partial charge in [-0.25, -0.2) is 13.6 Å². The topological polar surface area (TPSA) is 69.4 Å². The molecule has 0 unspecified atom stereocenters. The number of benzene rings is 1. The Kier molecular flexibility index (Phi) is 5.24. The van der Waals surface area contributed by atoms with Gasteiger partial charge in [-0.2, -0.15) is 0 Å². The zero-order chi connectivity index (χ0) is 12.9. The summed E-state index contributed by atoms with van der Waals surface area (Å²) in [6, 6.07) is 5.52. The van der Waals surface area contributed by atoms with Gasteiger partial charge in [-0.3, -0.25) is 0 Å². The first kappa shape index (κ1) is 14.3. The Labute approximate surface area is 107 Å². The van der Waals surface area contributed by atoms with E-state index in [1.54, 1.807) is 6.07 Å². The molecule has 0 radical (unpaired) electrons. The Hall–Kier alpha value is -0.780. The van der Waals surface area contributed by atoms with E-state index >= 15 is 0 Å². The van der Waals surface area contributed by atoms with Gasteiger partial charge in [0.2, 0.25) is 10.0 Å². The van der Waals surface area contributed by atoms with E-state index in [1.807, 2.05) is 19.1 Å². The van der Waals surface area contributed by atoms with Gasteiger partial charge in [-0.05, 0) is 37.5 Å². The van der Waals surface area contributed by atoms with Crippen molar-refractivity contribution < 1.29 is 13.2 Å². The summed E-state index contributed by atoms with van der Waals surface area (Å²) in [4.78, 5) is 0. The molecule has 6 heteroatoms. The van der Waals surface area contributed by atoms with Crippen molar-refractivity contribution >= 4 is 21.6 Å². The molecule has 0 aliphatic carbocycles. The van der Waals surface area contributed by atoms with E-state index in [-0.39, 0.29) is 5.75 Å². The van der Waals surface area contributed by atoms with Crippen LogP contribution < -0.4 is 9.88 Å². The number of hydrogen-bond donors (Lipinski definition) is 1. The van der Waals surface area contributed by atoms with Gasteiger partial charge in [-0.1, -0.05) is 17.7 Å². The van der Waals surface area contributed by atoms with Crippen LogP contribution in [0.2, 0.25) is 5.02 Å². The largest absolute Gasteiger partial charge is 0.492 e. The third kappa shape index (κ3) is 5.91. The van der Waals surface area contributed by atoms with E-state index in [0.717, 1.165) is 5.56 Å². The second kappa shape index (κ2) is 6.23. The highest BCUT2D eigenvalue weighted by Gasteiger charge is 2.04. The van der Waals surface area contributed by atoms with E-state index in [0.29, 0.717) is 30.2 Å². The van der Waals surface area contributed by atoms with Crippen LogP contribution in [0, 0.1) is 6.92 Å². The van der Waals surface area contributed by atoms with Gasteiger partial charge in [0.1, 0.15) is 5.75 Å². The summed E-state index contributed by atoms with van der Waals surface area (Å²) in [7, 11) is -3.37. The summed E-state index contributed by atoms with van der Waals surface area (Å²) in [5.74, 6) is 0.611. The monoisotopic (exact) mass is 277 g/mol. The molecule has 1 aromatic carbocycles. The van der Waals surface area contributed by atoms with Crippen molar-refractivity contribution in [3.63, 3.8) is 0 Å². The maximum atomic E-state index is 10.7. The third-order valence-corrected chi connectivity index (χ3v) is 3.34. The van der Waals surface area contributed by atoms with Crippen LogP contribution in [-0.2, 0) is 10.0 Å². The number of sulfonamides is 1. The molecule has 0 saturated heterocycles. The highest BCUT2D eigenvalue weighted by atomic mass is 35.5. The van der Waals surface area contributed by atoms with Crippen molar-refractivity contribution in [1.29, 1.82) is 0 Å². The van der Waals surface area contributed by atoms with Gasteiger partial charge >= 0.3 is 0 Å². The number of rotatable bonds is 6. The molecule has 1 aromatic rings. The summed E-state index contributed by atoms with van der Waals surface area (Å²) in [6.07, 6.45) is 1.11. The van der Waals surface area contributed by atoms with Crippen LogP contribution in [0.4, 0.5) is 0 Å². The molecule has 0 fully saturated rings. The lowest BCUT2D eigenvalue weighted by atomic mass is 10.2. The van der Waals surface area contributed by atoms with Gasteiger partial charge in [0.05, 0.1) is 17.4 Å². The molecular formula is C11H16ClNO3S. The highest BCUT2D eigenvalue weighted by Crippen LogP contribution is 2.25. The van der Waals surface area contributed by atoms with Crippen molar-refractivity contribution in [2.45, 2.75) is 19.8 Å². The lowest BCUT2D eigenvalue weighted by Gasteiger charge is -2.08. The lowest BCUT2D eigenvalue weighted by molar-refractivity contribution is 0.309. The van der Waals surface area contributed by atoms with Crippen LogP contribution in [0.5, 0.6) is 5.75 Å². The highest BCUT2D eigenvalue weighted by molar-refractivity contribution is 7.89. The fourth-order valence-electron chi connectivity index (χ4n) is 1.31. The maximum Gasteiger partial charge on any atom is 0.209 e. The summed E-state index contributed by atoms with van der Waals surface area (Å²) >= 11 is 5.94. The second-order valence-electron chi connectivity index (χ2n) is 3.86. The second-order valence-corrected chi connectivity index (χ2v) is 6.00. The molecule has 0 atom stereocenters. The number of primary sulfonamides is 1. The Morgan fingerprint density at radius 1 is 1.35 bits per heavy atom. The number of aryl methyl sites for hydroxylation is 1. The van der Waals surface area contributed by atoms with Crippen LogP contribution in [0.15, 0.2) is 18.2 Å². The van der Waals surface area contributed by atoms with Crippen molar-refractivity contribution in [2.24, 2.45) is 5.14 Å². The van der Waals surface area contributed by atoms with Gasteiger partial charge in [0.15, 0.2) is 0 Å². The summed E-state index contributed by atoms with van der Waals surface area (Å²) < 4.78 is 26.8. The molecule has 2 N–H and O–H groups in total. The molecule has 0 bridgehead atoms. The number of unbranched alkanes of at least 4 members (excludes halogenated alkanes) is 1. The average Bonchev–Trinajstić information content (AvgIpc) is 2.21. The first-order valence-corrected chi connectivity index (χ1v) is 7.37. The Bertz CT molecular complexity index is 474. The average molecular weight is 278 g/mol. The minimum absolute atomic E-state index is 0.0160. The summed E-state index contributed by atoms with van der Waals surface area (Å²) in [5.41, 5.74) is 1.06. The standard InChI is InChI=1S/C11H16ClNO3S/c1-9-4-5-10(12)11(8-9)16-6-2-3-7-17(13,14)15/h4-5,8H,2-3,6-7H2,1H3,(H2,13,14,15). The minimum Gasteiger partial charge on any atom is -0.492 e. The first-order valence-electron chi connectivity index (χ1n) is 5.28. The molecule has 0 aromatic heterocycles. The Balaban J connectivity index is 2.34. The van der Waals surface area contributed by atoms with E-state index in [4.69, 9.17) is 21.5 Å². The van der Waals surface area contributed by atoms with E-state index in [2.05, 4.69) is 0 Å². The number of nitrogens with two attached hydrogens (primary N) is 1. The van der Waals surface area contributed by atoms with Crippen molar-refractivity contribution in [1.82, 2.24) is 0 Å². The smallest absolute Gasteiger partial charge is 0.209 e. The fourth-order valence-corrected chi connectivity index (χ4v) is 2.09. The van der Waals surface area contributed by atoms with Crippen molar-refractivity contribution in [3.05, 3.63) is 28.8 Å². The SMILES string of the molecule is Cc1ccc(Cl)c(OCCCCS(N)(=O)=O)c1. The third-order valence-electron chi connectivity index (χ3n) is 2.17. The normalized spacial score (nSPS) is 11.5. The summed E-state index contributed by atoms with van der Waals surface area (Å²) in [6.45, 7) is 2.38. The Morgan fingerprint density at radius 3 is 2.71 bits per heavy atom. The number of ether oxygens (including phenoxy) is 1. The fraction of sp³-hybridized carbons (Fsp3) is 0.455. The van der Waals surface area contributed by atoms with Crippen molar-refractivity contribution in [2.75, 3.05) is 12.4 Å². The quantitative estimate of drug-likeness (QED) is 0.810. The molecular weight excluding hydrogens is 262 g/mol. The number of halogens is 1. The molecule has 0 amide bonds. The van der Waals surface area contributed by atoms with Gasteiger partial charge in [0, 0.05) is 0 Å². The summed E-state index contributed by atoms with van der Waals surface area (Å²) in [5, 5.41) is 5.44. The lowest BCUT2D eigenvalue weighted by Crippen LogP contribution is -2.16. The minimum atomic E-state index is -3.37. The van der Waals surface area contributed by atoms with Gasteiger partial charge < -0.3 is 4.74 Å². The molecule has 0 aliphatic heterocycles. The van der Waals surface area contributed by atoms with Crippen molar-refractivity contribution in [3.8, 4) is 5.75 Å². The molecule has 1 rings (SSSR count). The van der Waals surface area contributed by atoms with Gasteiger partial charge in [-0.15, -0.1) is 0 Å². The Morgan fingerprint density at radius 2 is 2.06 bits per heavy atom. The van der Waals surface area contributed by atoms with E-state index in [1.165, 1.54) is 0 Å². The zero-order valence-electron chi connectivity index (χ0n) is 9.65. The predicted molar refractivity (Wildman–Crippen MR) is 68.9 cm³/mol. The predicted octanol–water partition coefficient (Wildman–Crippen LogP) is 2.10. The van der Waals surface area contributed by atoms with Crippen LogP contribution in [0.1, 0.15) is 18.4 Å². The molecule has 17 heavy (non-hydrogen) atoms. The van der Waals surface area contributed by atoms with E-state index < -0.39 is 10.0 Å². The van der Waals surface area contributed by atoms with Crippen LogP contribution in [0.3, 0.4) is 0 Å². The first-order chi connectivity index (χ1) is 7.88. The molecule has 0 spiro atoms. The van der Waals surface area contributed by atoms with Crippen LogP contribution in [0.25, 0.3) is 0 Å². The zero-order valence-corrected chi connectivity index (χ0v) is 11.2. The van der Waals surface area contributed by atoms with E-state index in [9.17, 15) is 8.42 Å². The molecule has 0 saturated carbocycles.